The molecule has 0 radical (unpaired) electrons. The molecule has 1 aliphatic rings. The van der Waals surface area contributed by atoms with E-state index in [4.69, 9.17) is 50.1 Å². The Morgan fingerprint density at radius 2 is 0.739 bits per heavy atom. The average molecular weight is 1560 g/mol. The Balaban J connectivity index is 0.618. The molecule has 0 amide bonds. The van der Waals surface area contributed by atoms with Crippen LogP contribution in [0.15, 0.2) is 279 Å². The van der Waals surface area contributed by atoms with Crippen molar-refractivity contribution in [1.29, 1.82) is 0 Å². The molecular formula is C91H56Cl3N15O6. The van der Waals surface area contributed by atoms with Crippen molar-refractivity contribution < 1.29 is 0 Å². The first-order valence-electron chi connectivity index (χ1n) is 36.9. The van der Waals surface area contributed by atoms with E-state index in [0.29, 0.717) is 86.5 Å². The highest BCUT2D eigenvalue weighted by molar-refractivity contribution is 6.35. The second kappa shape index (κ2) is 26.3. The smallest absolute Gasteiger partial charge is 0.306 e. The van der Waals surface area contributed by atoms with Gasteiger partial charge < -0.3 is 15.0 Å². The maximum atomic E-state index is 15.1. The summed E-state index contributed by atoms with van der Waals surface area (Å²) in [6.07, 6.45) is 15.5. The highest BCUT2D eigenvalue weighted by Crippen LogP contribution is 2.48. The largest absolute Gasteiger partial charge is 0.333 e. The van der Waals surface area contributed by atoms with Gasteiger partial charge in [-0.05, 0) is 171 Å². The molecule has 0 bridgehead atoms. The SMILES string of the molecule is Cn1cc2cc(-c3cccc(Cl)c3-c3ccc4c(=O)n(-c5cncc6cc(-c7cc8cn(C)nc8cc7-c7cccc(Cl)c7-c7ccc8c(=O)n(-c9cncc%10ccccc9%10)c(=O)[nH]c8c7)ccc56)c(=O)[nH]c4c3)c(-c3ccc4c(-n5c(=O)[nH]c6cc(-c7c(Cl)cccc7-c7cc8n(n7)CCC8)ccc6c5=O)cncc4c3)cc2n1. The van der Waals surface area contributed by atoms with Gasteiger partial charge in [0, 0.05) is 138 Å². The second-order valence-corrected chi connectivity index (χ2v) is 30.1. The predicted octanol–water partition coefficient (Wildman–Crippen LogP) is 17.5. The number of nitrogens with one attached hydrogen (secondary N) is 3. The van der Waals surface area contributed by atoms with Crippen LogP contribution in [0.25, 0.3) is 193 Å². The molecule has 0 saturated carbocycles. The predicted molar refractivity (Wildman–Crippen MR) is 455 cm³/mol. The number of rotatable bonds is 11. The summed E-state index contributed by atoms with van der Waals surface area (Å²) in [6, 6.07) is 62.0. The summed E-state index contributed by atoms with van der Waals surface area (Å²) >= 11 is 21.6. The highest BCUT2D eigenvalue weighted by Gasteiger charge is 2.26. The minimum absolute atomic E-state index is 0.227. The maximum Gasteiger partial charge on any atom is 0.333 e. The van der Waals surface area contributed by atoms with Gasteiger partial charge in [0.05, 0.1) is 85.1 Å². The van der Waals surface area contributed by atoms with Gasteiger partial charge in [-0.25, -0.2) is 28.1 Å². The van der Waals surface area contributed by atoms with Gasteiger partial charge in [0.2, 0.25) is 0 Å². The Hall–Kier alpha value is -14.5. The van der Waals surface area contributed by atoms with E-state index in [1.165, 1.54) is 18.6 Å². The molecule has 552 valence electrons. The standard InChI is InChI=1S/C91H56Cl3N15O6/c1-104-45-55-31-67(70(38-75(55)102-104)62-13-6-16-72(93)84(62)50-21-26-64-77(34-50)98-89(113)107(86(64)110)80-42-95-39-52-9-3-4-11-58(52)80)47-18-23-59-53(29-47)40-96-43-81(59)108-87(111)65-25-20-49(33-76(65)99-90(108)114)83-61(12-5-15-71(83)92)69-32-56-46-105(2)101-74(56)37-68(69)48-19-24-60-54(30-48)41-97-44-82(60)109-88(112)66-27-22-51(35-78(66)100-91(109)115)85-63(14-7-17-73(85)94)79-36-57-10-8-28-106(57)103-79/h3-7,9,11-27,29-46H,8,10,28H2,1-2H3,(H,98,113)(H,99,114)(H,100,115). The first-order valence-corrected chi connectivity index (χ1v) is 38.0. The fraction of sp³-hybridized carbons (Fsp3) is 0.0549. The minimum atomic E-state index is -0.699. The fourth-order valence-electron chi connectivity index (χ4n) is 16.9. The van der Waals surface area contributed by atoms with Gasteiger partial charge in [0.25, 0.3) is 16.7 Å². The first-order chi connectivity index (χ1) is 56.0. The van der Waals surface area contributed by atoms with Gasteiger partial charge >= 0.3 is 17.1 Å². The highest BCUT2D eigenvalue weighted by atomic mass is 35.5. The van der Waals surface area contributed by atoms with Crippen LogP contribution in [0.4, 0.5) is 0 Å². The Morgan fingerprint density at radius 3 is 1.23 bits per heavy atom. The summed E-state index contributed by atoms with van der Waals surface area (Å²) in [5, 5.41) is 22.3. The summed E-state index contributed by atoms with van der Waals surface area (Å²) in [5.74, 6) is 0. The number of nitrogens with zero attached hydrogens (tertiary/aromatic N) is 12. The number of aryl methyl sites for hydroxylation is 4. The zero-order valence-corrected chi connectivity index (χ0v) is 63.0. The lowest BCUT2D eigenvalue weighted by Gasteiger charge is -2.18. The van der Waals surface area contributed by atoms with Crippen LogP contribution in [0.3, 0.4) is 0 Å². The fourth-order valence-corrected chi connectivity index (χ4v) is 17.7. The number of hydrogen-bond acceptors (Lipinski definition) is 12. The van der Waals surface area contributed by atoms with E-state index in [2.05, 4.69) is 48.1 Å². The molecule has 1 aliphatic heterocycles. The Labute approximate surface area is 663 Å². The molecule has 0 fully saturated rings. The number of benzene rings is 11. The lowest BCUT2D eigenvalue weighted by molar-refractivity contribution is 0.659. The van der Waals surface area contributed by atoms with Crippen LogP contribution in [0.5, 0.6) is 0 Å². The molecule has 115 heavy (non-hydrogen) atoms. The number of halogens is 3. The molecule has 0 atom stereocenters. The van der Waals surface area contributed by atoms with Crippen LogP contribution in [0.2, 0.25) is 15.1 Å². The molecule has 10 heterocycles. The number of fused-ring (bicyclic) bond motifs is 9. The zero-order chi connectivity index (χ0) is 77.9. The van der Waals surface area contributed by atoms with E-state index in [0.717, 1.165) is 127 Å². The van der Waals surface area contributed by atoms with Crippen molar-refractivity contribution in [1.82, 2.24) is 72.9 Å². The summed E-state index contributed by atoms with van der Waals surface area (Å²) in [4.78, 5) is 110. The molecule has 0 saturated heterocycles. The Morgan fingerprint density at radius 1 is 0.339 bits per heavy atom. The molecule has 11 aromatic carbocycles. The molecule has 3 N–H and O–H groups in total. The number of H-pyrrole nitrogens is 3. The number of aromatic amines is 3. The molecule has 24 heteroatoms. The topological polar surface area (TPSA) is 257 Å². The van der Waals surface area contributed by atoms with Gasteiger partial charge in [-0.15, -0.1) is 0 Å². The maximum absolute atomic E-state index is 15.1. The third-order valence-electron chi connectivity index (χ3n) is 22.1. The summed E-state index contributed by atoms with van der Waals surface area (Å²) in [7, 11) is 3.71. The molecule has 9 aromatic heterocycles. The van der Waals surface area contributed by atoms with E-state index >= 15 is 4.79 Å². The van der Waals surface area contributed by atoms with Crippen molar-refractivity contribution in [3.63, 3.8) is 0 Å². The summed E-state index contributed by atoms with van der Waals surface area (Å²) in [5.41, 5.74) is 12.6. The van der Waals surface area contributed by atoms with E-state index in [9.17, 15) is 24.0 Å². The molecule has 20 aromatic rings. The van der Waals surface area contributed by atoms with Crippen molar-refractivity contribution in [2.75, 3.05) is 0 Å². The third kappa shape index (κ3) is 11.1. The second-order valence-electron chi connectivity index (χ2n) is 28.9. The summed E-state index contributed by atoms with van der Waals surface area (Å²) < 4.78 is 8.85. The average Bonchev–Trinajstić information content (AvgIpc) is 1.59. The van der Waals surface area contributed by atoms with Crippen LogP contribution >= 0.6 is 34.8 Å². The number of hydrogen-bond donors (Lipinski definition) is 3. The quantitative estimate of drug-likeness (QED) is 0.109. The van der Waals surface area contributed by atoms with Gasteiger partial charge in [0.1, 0.15) is 0 Å². The molecule has 0 unspecified atom stereocenters. The third-order valence-corrected chi connectivity index (χ3v) is 23.1. The molecule has 21 nitrogen and oxygen atoms in total. The van der Waals surface area contributed by atoms with Gasteiger partial charge in [0.15, 0.2) is 0 Å². The van der Waals surface area contributed by atoms with Gasteiger partial charge in [-0.3, -0.25) is 43.4 Å². The summed E-state index contributed by atoms with van der Waals surface area (Å²) in [6.45, 7) is 0.854. The molecule has 21 rings (SSSR count). The van der Waals surface area contributed by atoms with Gasteiger partial charge in [-0.1, -0.05) is 138 Å². The van der Waals surface area contributed by atoms with Crippen molar-refractivity contribution in [3.05, 3.63) is 333 Å². The number of aromatic nitrogens is 15. The molecule has 0 aliphatic carbocycles. The van der Waals surface area contributed by atoms with Crippen LogP contribution < -0.4 is 33.7 Å². The van der Waals surface area contributed by atoms with E-state index < -0.39 is 33.7 Å². The lowest BCUT2D eigenvalue weighted by Crippen LogP contribution is -2.33. The number of pyridine rings is 3. The zero-order valence-electron chi connectivity index (χ0n) is 60.7. The van der Waals surface area contributed by atoms with Crippen molar-refractivity contribution >= 4 is 122 Å². The Kier molecular flexibility index (Phi) is 15.7. The molecular weight excluding hydrogens is 1510 g/mol. The normalized spacial score (nSPS) is 12.3. The monoisotopic (exact) mass is 1560 g/mol. The minimum Gasteiger partial charge on any atom is -0.306 e. The molecule has 0 spiro atoms. The van der Waals surface area contributed by atoms with Crippen LogP contribution in [0.1, 0.15) is 12.1 Å². The van der Waals surface area contributed by atoms with E-state index in [1.807, 2.05) is 165 Å². The lowest BCUT2D eigenvalue weighted by atomic mass is 9.88. The van der Waals surface area contributed by atoms with Crippen LogP contribution in [-0.4, -0.2) is 72.9 Å². The van der Waals surface area contributed by atoms with E-state index in [-0.39, 0.29) is 33.1 Å². The Bertz CT molecular complexity index is 8080. The van der Waals surface area contributed by atoms with E-state index in [1.54, 1.807) is 76.5 Å². The first kappa shape index (κ1) is 68.5. The van der Waals surface area contributed by atoms with Crippen molar-refractivity contribution in [2.45, 2.75) is 19.4 Å². The van der Waals surface area contributed by atoms with Crippen molar-refractivity contribution in [2.24, 2.45) is 14.1 Å². The van der Waals surface area contributed by atoms with Crippen LogP contribution in [0, 0.1) is 0 Å². The van der Waals surface area contributed by atoms with Crippen molar-refractivity contribution in [3.8, 4) is 106 Å². The van der Waals surface area contributed by atoms with Gasteiger partial charge in [-0.2, -0.15) is 15.3 Å². The van der Waals surface area contributed by atoms with Crippen LogP contribution in [-0.2, 0) is 27.1 Å².